The van der Waals surface area contributed by atoms with Gasteiger partial charge in [0.2, 0.25) is 21.8 Å². The Morgan fingerprint density at radius 2 is 1.44 bits per heavy atom. The summed E-state index contributed by atoms with van der Waals surface area (Å²) in [6.45, 7) is 1.54. The lowest BCUT2D eigenvalue weighted by Gasteiger charge is -2.32. The maximum absolute atomic E-state index is 13.5. The molecule has 3 rings (SSSR count). The summed E-state index contributed by atoms with van der Waals surface area (Å²) in [6.07, 6.45) is 1.43. The van der Waals surface area contributed by atoms with Gasteiger partial charge in [0.1, 0.15) is 24.1 Å². The highest BCUT2D eigenvalue weighted by Gasteiger charge is 2.31. The second kappa shape index (κ2) is 12.2. The lowest BCUT2D eigenvalue weighted by atomic mass is 10.1. The Morgan fingerprint density at radius 1 is 0.889 bits per heavy atom. The van der Waals surface area contributed by atoms with E-state index in [9.17, 15) is 18.0 Å². The summed E-state index contributed by atoms with van der Waals surface area (Å²) in [5.41, 5.74) is 1.15. The molecule has 9 heteroatoms. The number of carbonyl (C=O) groups is 2. The standard InChI is InChI=1S/C27H31N3O5S/c1-4-25(27(32)28-2)29(19-21-11-7-5-8-12-21)26(31)20-30(36(3,33)34)22-15-17-24(18-16-22)35-23-13-9-6-10-14-23/h5-18,25H,4,19-20H2,1-3H3,(H,28,32)/t25-/m1/s1. The number of likely N-dealkylation sites (N-methyl/N-ethyl adjacent to an activating group) is 1. The first-order valence-corrected chi connectivity index (χ1v) is 13.4. The number of sulfonamides is 1. The van der Waals surface area contributed by atoms with Crippen molar-refractivity contribution in [3.8, 4) is 11.5 Å². The summed E-state index contributed by atoms with van der Waals surface area (Å²) < 4.78 is 32.2. The van der Waals surface area contributed by atoms with Crippen LogP contribution in [0.2, 0.25) is 0 Å². The van der Waals surface area contributed by atoms with Crippen LogP contribution in [0.15, 0.2) is 84.9 Å². The molecule has 190 valence electrons. The predicted molar refractivity (Wildman–Crippen MR) is 140 cm³/mol. The van der Waals surface area contributed by atoms with Gasteiger partial charge in [0, 0.05) is 13.6 Å². The fraction of sp³-hybridized carbons (Fsp3) is 0.259. The minimum atomic E-state index is -3.80. The molecule has 2 amide bonds. The van der Waals surface area contributed by atoms with E-state index in [0.29, 0.717) is 23.6 Å². The number of benzene rings is 3. The van der Waals surface area contributed by atoms with E-state index in [4.69, 9.17) is 4.74 Å². The van der Waals surface area contributed by atoms with E-state index in [-0.39, 0.29) is 12.5 Å². The van der Waals surface area contributed by atoms with E-state index in [1.165, 1.54) is 11.9 Å². The Kier molecular flexibility index (Phi) is 9.08. The molecule has 0 saturated heterocycles. The van der Waals surface area contributed by atoms with Crippen molar-refractivity contribution >= 4 is 27.5 Å². The molecule has 0 bridgehead atoms. The van der Waals surface area contributed by atoms with E-state index in [1.807, 2.05) is 67.6 Å². The van der Waals surface area contributed by atoms with Crippen molar-refractivity contribution in [2.75, 3.05) is 24.2 Å². The average Bonchev–Trinajstić information content (AvgIpc) is 2.88. The van der Waals surface area contributed by atoms with E-state index in [0.717, 1.165) is 16.1 Å². The smallest absolute Gasteiger partial charge is 0.244 e. The topological polar surface area (TPSA) is 96.0 Å². The highest BCUT2D eigenvalue weighted by Crippen LogP contribution is 2.26. The molecule has 0 aliphatic rings. The Labute approximate surface area is 212 Å². The van der Waals surface area contributed by atoms with Crippen LogP contribution in [0.25, 0.3) is 0 Å². The number of rotatable bonds is 11. The van der Waals surface area contributed by atoms with Crippen molar-refractivity contribution in [2.24, 2.45) is 0 Å². The highest BCUT2D eigenvalue weighted by atomic mass is 32.2. The minimum absolute atomic E-state index is 0.174. The minimum Gasteiger partial charge on any atom is -0.457 e. The van der Waals surface area contributed by atoms with E-state index >= 15 is 0 Å². The SMILES string of the molecule is CC[C@H](C(=O)NC)N(Cc1ccccc1)C(=O)CN(c1ccc(Oc2ccccc2)cc1)S(C)(=O)=O. The van der Waals surface area contributed by atoms with Crippen molar-refractivity contribution in [2.45, 2.75) is 25.9 Å². The number of hydrogen-bond acceptors (Lipinski definition) is 5. The summed E-state index contributed by atoms with van der Waals surface area (Å²) in [5, 5.41) is 2.60. The maximum atomic E-state index is 13.5. The molecule has 0 spiro atoms. The molecule has 0 aliphatic carbocycles. The number of anilines is 1. The van der Waals surface area contributed by atoms with Crippen molar-refractivity contribution in [3.63, 3.8) is 0 Å². The first kappa shape index (κ1) is 26.7. The van der Waals surface area contributed by atoms with Gasteiger partial charge in [-0.3, -0.25) is 13.9 Å². The van der Waals surface area contributed by atoms with Gasteiger partial charge in [0.05, 0.1) is 11.9 Å². The molecule has 1 N–H and O–H groups in total. The Bertz CT molecular complexity index is 1250. The zero-order valence-electron chi connectivity index (χ0n) is 20.6. The fourth-order valence-corrected chi connectivity index (χ4v) is 4.63. The molecule has 0 radical (unpaired) electrons. The summed E-state index contributed by atoms with van der Waals surface area (Å²) in [5.74, 6) is 0.386. The third-order valence-electron chi connectivity index (χ3n) is 5.61. The number of nitrogens with zero attached hydrogens (tertiary/aromatic N) is 2. The van der Waals surface area contributed by atoms with E-state index < -0.39 is 28.5 Å². The van der Waals surface area contributed by atoms with Crippen LogP contribution in [0.5, 0.6) is 11.5 Å². The van der Waals surface area contributed by atoms with Gasteiger partial charge in [0.25, 0.3) is 0 Å². The van der Waals surface area contributed by atoms with Crippen LogP contribution in [0, 0.1) is 0 Å². The molecule has 0 unspecified atom stereocenters. The number of carbonyl (C=O) groups excluding carboxylic acids is 2. The first-order valence-electron chi connectivity index (χ1n) is 11.6. The lowest BCUT2D eigenvalue weighted by Crippen LogP contribution is -2.51. The second-order valence-electron chi connectivity index (χ2n) is 8.22. The van der Waals surface area contributed by atoms with Gasteiger partial charge in [-0.05, 0) is 48.4 Å². The number of ether oxygens (including phenoxy) is 1. The lowest BCUT2D eigenvalue weighted by molar-refractivity contribution is -0.140. The molecule has 36 heavy (non-hydrogen) atoms. The van der Waals surface area contributed by atoms with Gasteiger partial charge in [-0.2, -0.15) is 0 Å². The van der Waals surface area contributed by atoms with Crippen LogP contribution < -0.4 is 14.4 Å². The van der Waals surface area contributed by atoms with Crippen LogP contribution in [-0.4, -0.2) is 51.0 Å². The zero-order valence-corrected chi connectivity index (χ0v) is 21.4. The quantitative estimate of drug-likeness (QED) is 0.424. The summed E-state index contributed by atoms with van der Waals surface area (Å²) in [6, 6.07) is 24.2. The fourth-order valence-electron chi connectivity index (χ4n) is 3.78. The number of nitrogens with one attached hydrogen (secondary N) is 1. The highest BCUT2D eigenvalue weighted by molar-refractivity contribution is 7.92. The van der Waals surface area contributed by atoms with Crippen molar-refractivity contribution in [3.05, 3.63) is 90.5 Å². The molecule has 0 aromatic heterocycles. The van der Waals surface area contributed by atoms with Crippen molar-refractivity contribution in [1.29, 1.82) is 0 Å². The zero-order chi connectivity index (χ0) is 26.1. The van der Waals surface area contributed by atoms with Crippen molar-refractivity contribution < 1.29 is 22.7 Å². The first-order chi connectivity index (χ1) is 17.2. The van der Waals surface area contributed by atoms with Crippen LogP contribution >= 0.6 is 0 Å². The van der Waals surface area contributed by atoms with Crippen LogP contribution in [0.4, 0.5) is 5.69 Å². The average molecular weight is 510 g/mol. The van der Waals surface area contributed by atoms with Gasteiger partial charge in [0.15, 0.2) is 0 Å². The molecular weight excluding hydrogens is 478 g/mol. The maximum Gasteiger partial charge on any atom is 0.244 e. The van der Waals surface area contributed by atoms with Crippen LogP contribution in [-0.2, 0) is 26.2 Å². The monoisotopic (exact) mass is 509 g/mol. The molecule has 0 saturated carbocycles. The largest absolute Gasteiger partial charge is 0.457 e. The summed E-state index contributed by atoms with van der Waals surface area (Å²) in [4.78, 5) is 27.5. The summed E-state index contributed by atoms with van der Waals surface area (Å²) in [7, 11) is -2.29. The summed E-state index contributed by atoms with van der Waals surface area (Å²) >= 11 is 0. The molecule has 0 aliphatic heterocycles. The molecule has 1 atom stereocenters. The molecule has 0 heterocycles. The third-order valence-corrected chi connectivity index (χ3v) is 6.75. The van der Waals surface area contributed by atoms with E-state index in [1.54, 1.807) is 24.3 Å². The van der Waals surface area contributed by atoms with Gasteiger partial charge >= 0.3 is 0 Å². The number of amides is 2. The molecule has 3 aromatic rings. The van der Waals surface area contributed by atoms with Gasteiger partial charge in [-0.15, -0.1) is 0 Å². The Morgan fingerprint density at radius 3 is 1.97 bits per heavy atom. The molecule has 0 fully saturated rings. The van der Waals surface area contributed by atoms with E-state index in [2.05, 4.69) is 5.32 Å². The van der Waals surface area contributed by atoms with Gasteiger partial charge < -0.3 is 15.0 Å². The molecular formula is C27H31N3O5S. The predicted octanol–water partition coefficient (Wildman–Crippen LogP) is 3.80. The molecule has 8 nitrogen and oxygen atoms in total. The molecule has 3 aromatic carbocycles. The van der Waals surface area contributed by atoms with Crippen LogP contribution in [0.3, 0.4) is 0 Å². The third kappa shape index (κ3) is 7.08. The van der Waals surface area contributed by atoms with Crippen LogP contribution in [0.1, 0.15) is 18.9 Å². The van der Waals surface area contributed by atoms with Crippen molar-refractivity contribution in [1.82, 2.24) is 10.2 Å². The Hall–Kier alpha value is -3.85. The Balaban J connectivity index is 1.86. The number of para-hydroxylation sites is 1. The number of hydrogen-bond donors (Lipinski definition) is 1. The van der Waals surface area contributed by atoms with Gasteiger partial charge in [-0.1, -0.05) is 55.5 Å². The normalized spacial score (nSPS) is 11.9. The second-order valence-corrected chi connectivity index (χ2v) is 10.1. The van der Waals surface area contributed by atoms with Gasteiger partial charge in [-0.25, -0.2) is 8.42 Å².